The molecule has 0 bridgehead atoms. The number of imide groups is 1. The smallest absolute Gasteiger partial charge is 0.332 e. The molecule has 4 rings (SSSR count). The highest BCUT2D eigenvalue weighted by Gasteiger charge is 2.42. The van der Waals surface area contributed by atoms with Crippen molar-refractivity contribution in [3.05, 3.63) is 44.0 Å². The second-order valence-corrected chi connectivity index (χ2v) is 18.0. The summed E-state index contributed by atoms with van der Waals surface area (Å²) in [5.41, 5.74) is -0.160. The molecule has 1 aromatic rings. The monoisotopic (exact) mass is 899 g/mol. The number of aryl methyl sites for hydroxylation is 1. The quantitative estimate of drug-likeness (QED) is 0.0175. The van der Waals surface area contributed by atoms with Crippen molar-refractivity contribution in [1.82, 2.24) is 15.7 Å². The third-order valence-corrected chi connectivity index (χ3v) is 13.4. The second-order valence-electron chi connectivity index (χ2n) is 16.8. The standard InChI is InChI=1S/C44H61N5O13S/c50-32(16-8-2-1-7-15-30-23-24-31(48(58)59)27-37(30)49(60)61)17-9-3-4-11-20-34(52)28-35(43(56)62-47-40(54)25-26-41(47)55)38(53)21-12-6-5-10-18-33(51)19-13-14-22-39-42-36(29-63-39)45-44(57)46-42/h23-24,27,35-36,39,42H,1-22,25-26,28-29H2,(H2,45,46,57)/t35?,36-,39?,42-/m0/s1. The summed E-state index contributed by atoms with van der Waals surface area (Å²) >= 11 is 1.86. The zero-order chi connectivity index (χ0) is 45.7. The molecule has 1 aromatic carbocycles. The fraction of sp³-hybridized carbons (Fsp3) is 0.682. The molecule has 19 heteroatoms. The Hall–Kier alpha value is -5.07. The maximum Gasteiger partial charge on any atom is 0.344 e. The van der Waals surface area contributed by atoms with Gasteiger partial charge in [0.1, 0.15) is 29.1 Å². The van der Waals surface area contributed by atoms with Crippen LogP contribution in [0.3, 0.4) is 0 Å². The van der Waals surface area contributed by atoms with Gasteiger partial charge in [0.2, 0.25) is 0 Å². The maximum atomic E-state index is 13.3. The van der Waals surface area contributed by atoms with Gasteiger partial charge in [-0.25, -0.2) is 9.59 Å². The SMILES string of the molecule is O=C(CCCCCCC(=O)CC(C(=O)CCCCCCC(=O)CCCCC1SC[C@@H]2NC(=O)N[C@H]12)C(=O)ON1C(=O)CCC1=O)CCCCCCc1ccc([N+](=O)[O-])cc1[N+](=O)[O-]. The molecule has 346 valence electrons. The predicted molar refractivity (Wildman–Crippen MR) is 231 cm³/mol. The van der Waals surface area contributed by atoms with Crippen LogP contribution in [-0.4, -0.2) is 84.9 Å². The fourth-order valence-corrected chi connectivity index (χ4v) is 9.76. The van der Waals surface area contributed by atoms with Crippen molar-refractivity contribution in [2.24, 2.45) is 5.92 Å². The summed E-state index contributed by atoms with van der Waals surface area (Å²) in [6.07, 6.45) is 12.2. The van der Waals surface area contributed by atoms with Crippen molar-refractivity contribution < 1.29 is 53.0 Å². The Morgan fingerprint density at radius 2 is 1.24 bits per heavy atom. The van der Waals surface area contributed by atoms with Crippen molar-refractivity contribution in [2.45, 2.75) is 178 Å². The topological polar surface area (TPSA) is 259 Å². The fourth-order valence-electron chi connectivity index (χ4n) is 8.22. The van der Waals surface area contributed by atoms with E-state index in [1.165, 1.54) is 12.1 Å². The number of non-ortho nitro benzene ring substituents is 1. The molecule has 0 saturated carbocycles. The summed E-state index contributed by atoms with van der Waals surface area (Å²) in [5, 5.41) is 28.9. The molecule has 3 aliphatic heterocycles. The van der Waals surface area contributed by atoms with Gasteiger partial charge in [0.15, 0.2) is 0 Å². The molecule has 18 nitrogen and oxygen atoms in total. The summed E-state index contributed by atoms with van der Waals surface area (Å²) in [5.74, 6) is -3.54. The number of carbonyl (C=O) groups excluding carboxylic acids is 8. The minimum Gasteiger partial charge on any atom is -0.332 e. The molecule has 3 heterocycles. The van der Waals surface area contributed by atoms with Gasteiger partial charge in [0.05, 0.1) is 28.0 Å². The number of hydroxylamine groups is 2. The molecular weight excluding hydrogens is 839 g/mol. The first kappa shape index (κ1) is 50.6. The summed E-state index contributed by atoms with van der Waals surface area (Å²) < 4.78 is 0. The highest BCUT2D eigenvalue weighted by atomic mass is 32.2. The van der Waals surface area contributed by atoms with E-state index in [4.69, 9.17) is 4.84 Å². The number of nitro groups is 2. The lowest BCUT2D eigenvalue weighted by Crippen LogP contribution is -2.37. The van der Waals surface area contributed by atoms with Gasteiger partial charge in [0, 0.05) is 80.4 Å². The Morgan fingerprint density at radius 3 is 1.81 bits per heavy atom. The molecule has 2 N–H and O–H groups in total. The first-order chi connectivity index (χ1) is 30.2. The zero-order valence-corrected chi connectivity index (χ0v) is 36.8. The summed E-state index contributed by atoms with van der Waals surface area (Å²) in [7, 11) is 0. The van der Waals surface area contributed by atoms with E-state index in [2.05, 4.69) is 10.6 Å². The largest absolute Gasteiger partial charge is 0.344 e. The average Bonchev–Trinajstić information content (AvgIpc) is 3.91. The van der Waals surface area contributed by atoms with Crippen LogP contribution in [0.1, 0.15) is 160 Å². The van der Waals surface area contributed by atoms with Gasteiger partial charge in [-0.2, -0.15) is 11.8 Å². The van der Waals surface area contributed by atoms with Gasteiger partial charge < -0.3 is 15.5 Å². The molecule has 0 aliphatic carbocycles. The van der Waals surface area contributed by atoms with E-state index in [0.29, 0.717) is 112 Å². The normalized spacial score (nSPS) is 18.4. The van der Waals surface area contributed by atoms with Crippen LogP contribution in [0.5, 0.6) is 0 Å². The third-order valence-electron chi connectivity index (χ3n) is 11.8. The lowest BCUT2D eigenvalue weighted by Gasteiger charge is -2.18. The van der Waals surface area contributed by atoms with Crippen LogP contribution < -0.4 is 10.6 Å². The van der Waals surface area contributed by atoms with E-state index >= 15 is 0 Å². The molecular formula is C44H61N5O13S. The number of rotatable bonds is 33. The van der Waals surface area contributed by atoms with Gasteiger partial charge in [-0.05, 0) is 63.9 Å². The number of hydrogen-bond acceptors (Lipinski definition) is 14. The van der Waals surface area contributed by atoms with Crippen LogP contribution in [-0.2, 0) is 44.8 Å². The van der Waals surface area contributed by atoms with Crippen LogP contribution >= 0.6 is 11.8 Å². The number of hydrogen-bond donors (Lipinski definition) is 2. The average molecular weight is 900 g/mol. The number of fused-ring (bicyclic) bond motifs is 1. The molecule has 3 aliphatic rings. The van der Waals surface area contributed by atoms with Gasteiger partial charge in [0.25, 0.3) is 23.2 Å². The minimum absolute atomic E-state index is 0.000879. The minimum atomic E-state index is -1.45. The number of nitro benzene ring substituents is 2. The Morgan fingerprint density at radius 1 is 0.698 bits per heavy atom. The first-order valence-corrected chi connectivity index (χ1v) is 23.5. The summed E-state index contributed by atoms with van der Waals surface area (Å²) in [6.45, 7) is 0. The second kappa shape index (κ2) is 26.5. The number of thioether (sulfide) groups is 1. The van der Waals surface area contributed by atoms with Crippen molar-refractivity contribution in [3.8, 4) is 0 Å². The maximum absolute atomic E-state index is 13.3. The van der Waals surface area contributed by atoms with Crippen molar-refractivity contribution in [2.75, 3.05) is 5.75 Å². The van der Waals surface area contributed by atoms with Crippen LogP contribution in [0.15, 0.2) is 18.2 Å². The van der Waals surface area contributed by atoms with Crippen LogP contribution in [0.25, 0.3) is 0 Å². The molecule has 0 spiro atoms. The number of amides is 4. The van der Waals surface area contributed by atoms with E-state index in [1.54, 1.807) is 0 Å². The lowest BCUT2D eigenvalue weighted by atomic mass is 9.92. The van der Waals surface area contributed by atoms with Gasteiger partial charge in [-0.3, -0.25) is 49.0 Å². The molecule has 0 aromatic heterocycles. The third kappa shape index (κ3) is 17.2. The molecule has 3 fully saturated rings. The molecule has 0 radical (unpaired) electrons. The molecule has 3 saturated heterocycles. The Kier molecular flexibility index (Phi) is 21.3. The Bertz CT molecular complexity index is 1820. The predicted octanol–water partition coefficient (Wildman–Crippen LogP) is 7.29. The molecule has 63 heavy (non-hydrogen) atoms. The van der Waals surface area contributed by atoms with E-state index < -0.39 is 45.8 Å². The number of unbranched alkanes of at least 4 members (excludes halogenated alkanes) is 10. The summed E-state index contributed by atoms with van der Waals surface area (Å²) in [6, 6.07) is 3.88. The number of nitrogens with zero attached hydrogens (tertiary/aromatic N) is 3. The van der Waals surface area contributed by atoms with E-state index in [0.717, 1.165) is 43.9 Å². The van der Waals surface area contributed by atoms with E-state index in [9.17, 15) is 58.6 Å². The highest BCUT2D eigenvalue weighted by Crippen LogP contribution is 2.33. The lowest BCUT2D eigenvalue weighted by molar-refractivity contribution is -0.394. The Balaban J connectivity index is 1.06. The van der Waals surface area contributed by atoms with Crippen LogP contribution in [0, 0.1) is 26.1 Å². The Labute approximate surface area is 371 Å². The van der Waals surface area contributed by atoms with Gasteiger partial charge in [-0.1, -0.05) is 44.9 Å². The summed E-state index contributed by atoms with van der Waals surface area (Å²) in [4.78, 5) is 126. The van der Waals surface area contributed by atoms with E-state index in [1.807, 2.05) is 11.8 Å². The van der Waals surface area contributed by atoms with Crippen molar-refractivity contribution in [3.63, 3.8) is 0 Å². The number of ketones is 4. The van der Waals surface area contributed by atoms with Crippen LogP contribution in [0.2, 0.25) is 0 Å². The number of carbonyl (C=O) groups is 8. The van der Waals surface area contributed by atoms with E-state index in [-0.39, 0.29) is 72.5 Å². The number of nitrogens with one attached hydrogen (secondary N) is 2. The van der Waals surface area contributed by atoms with Gasteiger partial charge >= 0.3 is 12.0 Å². The first-order valence-electron chi connectivity index (χ1n) is 22.5. The number of Topliss-reactive ketones (excluding diaryl/α,β-unsaturated/α-hetero) is 4. The van der Waals surface area contributed by atoms with Crippen molar-refractivity contribution >= 4 is 70.1 Å². The van der Waals surface area contributed by atoms with Crippen LogP contribution in [0.4, 0.5) is 16.2 Å². The number of benzene rings is 1. The number of urea groups is 1. The van der Waals surface area contributed by atoms with Crippen molar-refractivity contribution in [1.29, 1.82) is 0 Å². The molecule has 2 unspecified atom stereocenters. The van der Waals surface area contributed by atoms with Gasteiger partial charge in [-0.15, -0.1) is 5.06 Å². The molecule has 4 amide bonds. The highest BCUT2D eigenvalue weighted by molar-refractivity contribution is 8.00. The zero-order valence-electron chi connectivity index (χ0n) is 36.0. The molecule has 4 atom stereocenters.